The molecule has 1 aromatic carbocycles. The molecule has 1 aliphatic heterocycles. The Morgan fingerprint density at radius 1 is 1.22 bits per heavy atom. The minimum Gasteiger partial charge on any atom is -0.464 e. The number of hydrogen-bond donors (Lipinski definition) is 1. The lowest BCUT2D eigenvalue weighted by Crippen LogP contribution is -2.40. The Labute approximate surface area is 136 Å². The third-order valence-electron chi connectivity index (χ3n) is 3.70. The molecule has 1 atom stereocenters. The Balaban J connectivity index is 1.64. The van der Waals surface area contributed by atoms with Crippen molar-refractivity contribution in [3.8, 4) is 0 Å². The van der Waals surface area contributed by atoms with Gasteiger partial charge in [-0.15, -0.1) is 0 Å². The second kappa shape index (κ2) is 9.15. The largest absolute Gasteiger partial charge is 0.464 e. The first-order valence-electron chi connectivity index (χ1n) is 7.86. The van der Waals surface area contributed by atoms with Gasteiger partial charge in [-0.3, -0.25) is 0 Å². The van der Waals surface area contributed by atoms with Gasteiger partial charge in [0, 0.05) is 13.2 Å². The molecule has 0 unspecified atom stereocenters. The van der Waals surface area contributed by atoms with Crippen LogP contribution in [-0.2, 0) is 25.6 Å². The Hall–Kier alpha value is -2.08. The number of carbonyl (C=O) groups excluding carboxylic acids is 2. The van der Waals surface area contributed by atoms with Crippen LogP contribution in [0.3, 0.4) is 0 Å². The maximum atomic E-state index is 11.9. The van der Waals surface area contributed by atoms with Gasteiger partial charge in [-0.1, -0.05) is 30.3 Å². The molecule has 126 valence electrons. The predicted molar refractivity (Wildman–Crippen MR) is 83.7 cm³/mol. The number of esters is 1. The molecule has 1 amide bonds. The summed E-state index contributed by atoms with van der Waals surface area (Å²) in [4.78, 5) is 23.6. The molecule has 0 saturated carbocycles. The summed E-state index contributed by atoms with van der Waals surface area (Å²) in [5.41, 5.74) is 0.886. The lowest BCUT2D eigenvalue weighted by atomic mass is 10.0. The van der Waals surface area contributed by atoms with Crippen LogP contribution in [0.15, 0.2) is 30.3 Å². The number of ether oxygens (including phenoxy) is 3. The zero-order valence-electron chi connectivity index (χ0n) is 13.3. The summed E-state index contributed by atoms with van der Waals surface area (Å²) >= 11 is 0. The van der Waals surface area contributed by atoms with Crippen LogP contribution >= 0.6 is 0 Å². The van der Waals surface area contributed by atoms with Gasteiger partial charge in [0.2, 0.25) is 0 Å². The van der Waals surface area contributed by atoms with E-state index in [4.69, 9.17) is 14.2 Å². The minimum atomic E-state index is -0.738. The molecule has 2 rings (SSSR count). The maximum absolute atomic E-state index is 11.9. The highest BCUT2D eigenvalue weighted by Gasteiger charge is 2.21. The van der Waals surface area contributed by atoms with Crippen LogP contribution in [0.25, 0.3) is 0 Å². The average Bonchev–Trinajstić information content (AvgIpc) is 2.59. The van der Waals surface area contributed by atoms with Crippen molar-refractivity contribution in [2.75, 3.05) is 19.8 Å². The van der Waals surface area contributed by atoms with Crippen LogP contribution in [0.4, 0.5) is 4.79 Å². The molecule has 0 aromatic heterocycles. The van der Waals surface area contributed by atoms with Crippen LogP contribution in [0.2, 0.25) is 0 Å². The Morgan fingerprint density at radius 2 is 1.91 bits per heavy atom. The van der Waals surface area contributed by atoms with Gasteiger partial charge in [0.1, 0.15) is 12.6 Å². The number of amides is 1. The topological polar surface area (TPSA) is 73.9 Å². The SMILES string of the molecule is C[C@H](NC(=O)OCc1ccccc1)C(=O)OCC1CCOCC1. The number of hydrogen-bond acceptors (Lipinski definition) is 5. The summed E-state index contributed by atoms with van der Waals surface area (Å²) < 4.78 is 15.6. The first-order valence-corrected chi connectivity index (χ1v) is 7.86. The van der Waals surface area contributed by atoms with Gasteiger partial charge < -0.3 is 19.5 Å². The number of nitrogens with one attached hydrogen (secondary N) is 1. The number of benzene rings is 1. The minimum absolute atomic E-state index is 0.163. The summed E-state index contributed by atoms with van der Waals surface area (Å²) in [7, 11) is 0. The zero-order valence-corrected chi connectivity index (χ0v) is 13.3. The normalized spacial score (nSPS) is 16.4. The van der Waals surface area contributed by atoms with Crippen molar-refractivity contribution in [2.24, 2.45) is 5.92 Å². The summed E-state index contributed by atoms with van der Waals surface area (Å²) in [6.45, 7) is 3.53. The third-order valence-corrected chi connectivity index (χ3v) is 3.70. The fourth-order valence-corrected chi connectivity index (χ4v) is 2.24. The highest BCUT2D eigenvalue weighted by atomic mass is 16.6. The van der Waals surface area contributed by atoms with E-state index in [1.807, 2.05) is 30.3 Å². The molecule has 0 radical (unpaired) electrons. The second-order valence-corrected chi connectivity index (χ2v) is 5.61. The lowest BCUT2D eigenvalue weighted by Gasteiger charge is -2.22. The molecule has 1 N–H and O–H groups in total. The van der Waals surface area contributed by atoms with Gasteiger partial charge in [0.25, 0.3) is 0 Å². The van der Waals surface area contributed by atoms with E-state index in [1.54, 1.807) is 6.92 Å². The fraction of sp³-hybridized carbons (Fsp3) is 0.529. The van der Waals surface area contributed by atoms with Crippen LogP contribution in [0, 0.1) is 5.92 Å². The molecular weight excluding hydrogens is 298 g/mol. The molecule has 1 saturated heterocycles. The van der Waals surface area contributed by atoms with Crippen molar-refractivity contribution in [2.45, 2.75) is 32.4 Å². The first-order chi connectivity index (χ1) is 11.1. The maximum Gasteiger partial charge on any atom is 0.408 e. The second-order valence-electron chi connectivity index (χ2n) is 5.61. The predicted octanol–water partition coefficient (Wildman–Crippen LogP) is 2.27. The van der Waals surface area contributed by atoms with Crippen LogP contribution in [0.1, 0.15) is 25.3 Å². The van der Waals surface area contributed by atoms with Crippen molar-refractivity contribution in [3.05, 3.63) is 35.9 Å². The Bertz CT molecular complexity index is 499. The van der Waals surface area contributed by atoms with Crippen LogP contribution < -0.4 is 5.32 Å². The fourth-order valence-electron chi connectivity index (χ4n) is 2.24. The van der Waals surface area contributed by atoms with Crippen molar-refractivity contribution < 1.29 is 23.8 Å². The van der Waals surface area contributed by atoms with Crippen LogP contribution in [0.5, 0.6) is 0 Å². The number of rotatable bonds is 6. The van der Waals surface area contributed by atoms with Crippen molar-refractivity contribution in [3.63, 3.8) is 0 Å². The molecule has 23 heavy (non-hydrogen) atoms. The average molecular weight is 321 g/mol. The van der Waals surface area contributed by atoms with E-state index in [1.165, 1.54) is 0 Å². The van der Waals surface area contributed by atoms with Gasteiger partial charge in [-0.2, -0.15) is 0 Å². The van der Waals surface area contributed by atoms with Crippen LogP contribution in [-0.4, -0.2) is 37.9 Å². The number of alkyl carbamates (subject to hydrolysis) is 1. The molecule has 1 aromatic rings. The smallest absolute Gasteiger partial charge is 0.408 e. The van der Waals surface area contributed by atoms with Crippen molar-refractivity contribution >= 4 is 12.1 Å². The molecule has 0 bridgehead atoms. The quantitative estimate of drug-likeness (QED) is 0.814. The van der Waals surface area contributed by atoms with Gasteiger partial charge in [-0.25, -0.2) is 9.59 Å². The van der Waals surface area contributed by atoms with Gasteiger partial charge in [-0.05, 0) is 31.2 Å². The van der Waals surface area contributed by atoms with Crippen molar-refractivity contribution in [1.82, 2.24) is 5.32 Å². The van der Waals surface area contributed by atoms with E-state index in [9.17, 15) is 9.59 Å². The van der Waals surface area contributed by atoms with E-state index in [-0.39, 0.29) is 6.61 Å². The van der Waals surface area contributed by atoms with E-state index in [2.05, 4.69) is 5.32 Å². The summed E-state index contributed by atoms with van der Waals surface area (Å²) in [6, 6.07) is 8.61. The van der Waals surface area contributed by atoms with E-state index in [0.29, 0.717) is 25.7 Å². The lowest BCUT2D eigenvalue weighted by molar-refractivity contribution is -0.147. The van der Waals surface area contributed by atoms with Crippen molar-refractivity contribution in [1.29, 1.82) is 0 Å². The first kappa shape index (κ1) is 17.3. The molecule has 1 fully saturated rings. The molecule has 6 nitrogen and oxygen atoms in total. The standard InChI is InChI=1S/C17H23NO5/c1-13(16(19)22-11-15-7-9-21-10-8-15)18-17(20)23-12-14-5-3-2-4-6-14/h2-6,13,15H,7-12H2,1H3,(H,18,20)/t13-/m0/s1. The van der Waals surface area contributed by atoms with E-state index >= 15 is 0 Å². The third kappa shape index (κ3) is 6.28. The summed E-state index contributed by atoms with van der Waals surface area (Å²) in [6.07, 6.45) is 1.16. The van der Waals surface area contributed by atoms with E-state index in [0.717, 1.165) is 18.4 Å². The highest BCUT2D eigenvalue weighted by Crippen LogP contribution is 2.14. The van der Waals surface area contributed by atoms with E-state index < -0.39 is 18.1 Å². The van der Waals surface area contributed by atoms with Gasteiger partial charge in [0.05, 0.1) is 6.61 Å². The molecule has 1 aliphatic rings. The Morgan fingerprint density at radius 3 is 2.61 bits per heavy atom. The molecule has 0 aliphatic carbocycles. The molecule has 0 spiro atoms. The molecule has 1 heterocycles. The molecule has 6 heteroatoms. The Kier molecular flexibility index (Phi) is 6.87. The number of carbonyl (C=O) groups is 2. The van der Waals surface area contributed by atoms with Gasteiger partial charge >= 0.3 is 12.1 Å². The molecular formula is C17H23NO5. The summed E-state index contributed by atoms with van der Waals surface area (Å²) in [5.74, 6) is -0.113. The summed E-state index contributed by atoms with van der Waals surface area (Å²) in [5, 5.41) is 2.48. The highest BCUT2D eigenvalue weighted by molar-refractivity contribution is 5.80. The van der Waals surface area contributed by atoms with Gasteiger partial charge in [0.15, 0.2) is 0 Å². The monoisotopic (exact) mass is 321 g/mol. The zero-order chi connectivity index (χ0) is 16.5.